The predicted molar refractivity (Wildman–Crippen MR) is 53.4 cm³/mol. The zero-order chi connectivity index (χ0) is 8.81. The number of benzene rings is 1. The summed E-state index contributed by atoms with van der Waals surface area (Å²) >= 11 is 5.36. The van der Waals surface area contributed by atoms with Gasteiger partial charge in [-0.25, -0.2) is 4.84 Å². The van der Waals surface area contributed by atoms with Crippen molar-refractivity contribution in [2.45, 2.75) is 19.8 Å². The maximum atomic E-state index is 5.36. The first-order valence-electron chi connectivity index (χ1n) is 4.22. The van der Waals surface area contributed by atoms with Crippen molar-refractivity contribution in [3.63, 3.8) is 0 Å². The van der Waals surface area contributed by atoms with Crippen molar-refractivity contribution in [3.8, 4) is 0 Å². The first-order chi connectivity index (χ1) is 5.84. The summed E-state index contributed by atoms with van der Waals surface area (Å²) in [6.07, 6.45) is 2.20. The van der Waals surface area contributed by atoms with E-state index in [1.54, 1.807) is 0 Å². The quantitative estimate of drug-likeness (QED) is 0.559. The van der Waals surface area contributed by atoms with Crippen LogP contribution in [0.4, 0.5) is 0 Å². The molecule has 1 rings (SSSR count). The van der Waals surface area contributed by atoms with Gasteiger partial charge < -0.3 is 0 Å². The van der Waals surface area contributed by atoms with Gasteiger partial charge in [-0.1, -0.05) is 24.3 Å². The van der Waals surface area contributed by atoms with E-state index < -0.39 is 0 Å². The van der Waals surface area contributed by atoms with Crippen LogP contribution in [-0.2, 0) is 6.42 Å². The molecule has 66 valence electrons. The van der Waals surface area contributed by atoms with Gasteiger partial charge in [0.1, 0.15) is 0 Å². The maximum absolute atomic E-state index is 5.36. The average Bonchev–Trinajstić information content (AvgIpc) is 2.09. The van der Waals surface area contributed by atoms with Crippen molar-refractivity contribution in [2.24, 2.45) is 0 Å². The van der Waals surface area contributed by atoms with E-state index in [1.807, 2.05) is 0 Å². The van der Waals surface area contributed by atoms with Gasteiger partial charge in [-0.15, -0.1) is 0 Å². The third kappa shape index (κ3) is 2.84. The van der Waals surface area contributed by atoms with Crippen LogP contribution in [0.15, 0.2) is 24.3 Å². The van der Waals surface area contributed by atoms with E-state index in [0.29, 0.717) is 0 Å². The van der Waals surface area contributed by atoms with E-state index in [9.17, 15) is 0 Å². The van der Waals surface area contributed by atoms with Crippen LogP contribution in [0.1, 0.15) is 17.5 Å². The molecule has 0 saturated heterocycles. The molecule has 1 N–H and O–H groups in total. The highest BCUT2D eigenvalue weighted by Crippen LogP contribution is 2.08. The molecule has 0 atom stereocenters. The van der Waals surface area contributed by atoms with Gasteiger partial charge in [0.15, 0.2) is 0 Å². The molecule has 0 aliphatic heterocycles. The summed E-state index contributed by atoms with van der Waals surface area (Å²) in [6, 6.07) is 8.46. The maximum Gasteiger partial charge on any atom is 0.0111 e. The van der Waals surface area contributed by atoms with Crippen LogP contribution in [0.2, 0.25) is 0 Å². The summed E-state index contributed by atoms with van der Waals surface area (Å²) in [6.45, 7) is 3.01. The highest BCUT2D eigenvalue weighted by atomic mass is 35.5. The van der Waals surface area contributed by atoms with Gasteiger partial charge in [-0.2, -0.15) is 0 Å². The molecule has 0 bridgehead atoms. The summed E-state index contributed by atoms with van der Waals surface area (Å²) in [5, 5.41) is 0. The molecular weight excluding hydrogens is 170 g/mol. The Morgan fingerprint density at radius 3 is 2.75 bits per heavy atom. The fourth-order valence-corrected chi connectivity index (χ4v) is 1.37. The Bertz CT molecular complexity index is 235. The van der Waals surface area contributed by atoms with Crippen LogP contribution in [0, 0.1) is 6.92 Å². The summed E-state index contributed by atoms with van der Waals surface area (Å²) in [7, 11) is 0. The van der Waals surface area contributed by atoms with Crippen LogP contribution >= 0.6 is 11.8 Å². The molecule has 0 saturated carbocycles. The van der Waals surface area contributed by atoms with E-state index >= 15 is 0 Å². The van der Waals surface area contributed by atoms with E-state index in [2.05, 4.69) is 36.0 Å². The van der Waals surface area contributed by atoms with Crippen LogP contribution in [-0.4, -0.2) is 6.54 Å². The van der Waals surface area contributed by atoms with Crippen LogP contribution in [0.3, 0.4) is 0 Å². The highest BCUT2D eigenvalue weighted by Gasteiger charge is 1.95. The highest BCUT2D eigenvalue weighted by molar-refractivity contribution is 6.13. The normalized spacial score (nSPS) is 10.2. The molecule has 0 spiro atoms. The molecule has 0 aliphatic rings. The van der Waals surface area contributed by atoms with Gasteiger partial charge in [0.2, 0.25) is 0 Å². The zero-order valence-corrected chi connectivity index (χ0v) is 8.06. The molecular formula is C10H14ClN. The third-order valence-electron chi connectivity index (χ3n) is 1.98. The molecule has 2 heteroatoms. The fraction of sp³-hybridized carbons (Fsp3) is 0.400. The standard InChI is InChI=1S/C10H14ClN/c1-9-5-2-3-6-10(9)7-4-8-12-11/h2-3,5-6,12H,4,7-8H2,1H3. The monoisotopic (exact) mass is 183 g/mol. The second kappa shape index (κ2) is 5.18. The average molecular weight is 184 g/mol. The van der Waals surface area contributed by atoms with E-state index in [-0.39, 0.29) is 0 Å². The van der Waals surface area contributed by atoms with Crippen molar-refractivity contribution >= 4 is 11.8 Å². The van der Waals surface area contributed by atoms with E-state index in [4.69, 9.17) is 11.8 Å². The van der Waals surface area contributed by atoms with Gasteiger partial charge in [0.05, 0.1) is 0 Å². The number of halogens is 1. The SMILES string of the molecule is Cc1ccccc1CCCNCl. The Hall–Kier alpha value is -0.530. The van der Waals surface area contributed by atoms with Crippen LogP contribution in [0.25, 0.3) is 0 Å². The van der Waals surface area contributed by atoms with Gasteiger partial charge in [-0.3, -0.25) is 0 Å². The summed E-state index contributed by atoms with van der Waals surface area (Å²) < 4.78 is 0. The fourth-order valence-electron chi connectivity index (χ4n) is 1.24. The molecule has 0 aromatic heterocycles. The number of hydrogen-bond donors (Lipinski definition) is 1. The number of rotatable bonds is 4. The van der Waals surface area contributed by atoms with Gasteiger partial charge in [0.25, 0.3) is 0 Å². The molecule has 0 amide bonds. The minimum Gasteiger partial charge on any atom is -0.234 e. The second-order valence-electron chi connectivity index (χ2n) is 2.91. The van der Waals surface area contributed by atoms with Crippen LogP contribution in [0.5, 0.6) is 0 Å². The van der Waals surface area contributed by atoms with Gasteiger partial charge in [0, 0.05) is 6.54 Å². The first kappa shape index (κ1) is 9.56. The zero-order valence-electron chi connectivity index (χ0n) is 7.31. The minimum atomic E-state index is 0.871. The Morgan fingerprint density at radius 1 is 1.33 bits per heavy atom. The molecule has 0 radical (unpaired) electrons. The molecule has 0 fully saturated rings. The number of aryl methyl sites for hydroxylation is 2. The lowest BCUT2D eigenvalue weighted by molar-refractivity contribution is 0.789. The molecule has 1 aromatic rings. The van der Waals surface area contributed by atoms with Crippen LogP contribution < -0.4 is 4.84 Å². The Balaban J connectivity index is 2.46. The van der Waals surface area contributed by atoms with Crippen molar-refractivity contribution in [3.05, 3.63) is 35.4 Å². The number of hydrogen-bond acceptors (Lipinski definition) is 1. The van der Waals surface area contributed by atoms with E-state index in [1.165, 1.54) is 11.1 Å². The van der Waals surface area contributed by atoms with E-state index in [0.717, 1.165) is 19.4 Å². The molecule has 1 aromatic carbocycles. The molecule has 0 aliphatic carbocycles. The molecule has 0 heterocycles. The lowest BCUT2D eigenvalue weighted by Crippen LogP contribution is -2.02. The van der Waals surface area contributed by atoms with Gasteiger partial charge >= 0.3 is 0 Å². The summed E-state index contributed by atoms with van der Waals surface area (Å²) in [5.41, 5.74) is 2.79. The molecule has 1 nitrogen and oxygen atoms in total. The second-order valence-corrected chi connectivity index (χ2v) is 3.18. The Kier molecular flexibility index (Phi) is 4.12. The summed E-state index contributed by atoms with van der Waals surface area (Å²) in [4.78, 5) is 2.63. The number of nitrogens with one attached hydrogen (secondary N) is 1. The van der Waals surface area contributed by atoms with Crippen molar-refractivity contribution < 1.29 is 0 Å². The minimum absolute atomic E-state index is 0.871. The largest absolute Gasteiger partial charge is 0.234 e. The van der Waals surface area contributed by atoms with Gasteiger partial charge in [-0.05, 0) is 42.7 Å². The predicted octanol–water partition coefficient (Wildman–Crippen LogP) is 2.67. The molecule has 12 heavy (non-hydrogen) atoms. The lowest BCUT2D eigenvalue weighted by Gasteiger charge is -2.03. The first-order valence-corrected chi connectivity index (χ1v) is 4.60. The summed E-state index contributed by atoms with van der Waals surface area (Å²) in [5.74, 6) is 0. The molecule has 0 unspecified atom stereocenters. The Labute approximate surface area is 78.9 Å². The van der Waals surface area contributed by atoms with Crippen molar-refractivity contribution in [1.82, 2.24) is 4.84 Å². The van der Waals surface area contributed by atoms with Crippen molar-refractivity contribution in [2.75, 3.05) is 6.54 Å². The topological polar surface area (TPSA) is 12.0 Å². The third-order valence-corrected chi connectivity index (χ3v) is 2.17. The Morgan fingerprint density at radius 2 is 2.08 bits per heavy atom. The smallest absolute Gasteiger partial charge is 0.0111 e. The van der Waals surface area contributed by atoms with Crippen molar-refractivity contribution in [1.29, 1.82) is 0 Å². The lowest BCUT2D eigenvalue weighted by atomic mass is 10.0.